The van der Waals surface area contributed by atoms with Crippen molar-refractivity contribution in [1.82, 2.24) is 14.7 Å². The zero-order valence-corrected chi connectivity index (χ0v) is 13.8. The van der Waals surface area contributed by atoms with Crippen LogP contribution in [-0.2, 0) is 6.54 Å². The van der Waals surface area contributed by atoms with E-state index in [0.29, 0.717) is 16.9 Å². The van der Waals surface area contributed by atoms with Crippen LogP contribution in [0.3, 0.4) is 0 Å². The maximum atomic E-state index is 12.1. The van der Waals surface area contributed by atoms with Gasteiger partial charge in [0.25, 0.3) is 5.56 Å². The Bertz CT molecular complexity index is 494. The predicted molar refractivity (Wildman–Crippen MR) is 85.2 cm³/mol. The van der Waals surface area contributed by atoms with Gasteiger partial charge < -0.3 is 10.2 Å². The molecule has 0 amide bonds. The molecule has 20 heavy (non-hydrogen) atoms. The highest BCUT2D eigenvalue weighted by molar-refractivity contribution is 9.10. The van der Waals surface area contributed by atoms with Gasteiger partial charge in [-0.2, -0.15) is 5.10 Å². The van der Waals surface area contributed by atoms with Crippen LogP contribution in [0.5, 0.6) is 0 Å². The van der Waals surface area contributed by atoms with Gasteiger partial charge >= 0.3 is 0 Å². The summed E-state index contributed by atoms with van der Waals surface area (Å²) in [6.07, 6.45) is 4.34. The van der Waals surface area contributed by atoms with Gasteiger partial charge in [0.15, 0.2) is 0 Å². The van der Waals surface area contributed by atoms with Crippen molar-refractivity contribution in [2.45, 2.75) is 33.2 Å². The maximum absolute atomic E-state index is 12.1. The summed E-state index contributed by atoms with van der Waals surface area (Å²) in [5.41, 5.74) is 0.721. The average Bonchev–Trinajstić information content (AvgIpc) is 2.90. The summed E-state index contributed by atoms with van der Waals surface area (Å²) in [7, 11) is 0. The van der Waals surface area contributed by atoms with Gasteiger partial charge in [0.1, 0.15) is 4.47 Å². The Hall–Kier alpha value is -0.880. The second kappa shape index (κ2) is 7.22. The summed E-state index contributed by atoms with van der Waals surface area (Å²) in [4.78, 5) is 14.6. The number of rotatable bonds is 6. The van der Waals surface area contributed by atoms with Gasteiger partial charge in [-0.15, -0.1) is 0 Å². The molecule has 1 saturated heterocycles. The molecule has 2 rings (SSSR count). The molecule has 0 spiro atoms. The summed E-state index contributed by atoms with van der Waals surface area (Å²) < 4.78 is 2.09. The number of hydrogen-bond donors (Lipinski definition) is 1. The monoisotopic (exact) mass is 342 g/mol. The number of aromatic nitrogens is 2. The van der Waals surface area contributed by atoms with E-state index in [1.54, 1.807) is 6.20 Å². The lowest BCUT2D eigenvalue weighted by Crippen LogP contribution is -2.29. The highest BCUT2D eigenvalue weighted by Crippen LogP contribution is 2.16. The molecule has 0 bridgehead atoms. The molecule has 1 N–H and O–H groups in total. The molecular formula is C14H23BrN4O. The molecule has 0 aliphatic carbocycles. The fourth-order valence-corrected chi connectivity index (χ4v) is 2.87. The first-order valence-corrected chi connectivity index (χ1v) is 8.09. The van der Waals surface area contributed by atoms with Crippen molar-refractivity contribution in [2.24, 2.45) is 5.92 Å². The summed E-state index contributed by atoms with van der Waals surface area (Å²) in [6, 6.07) is 0. The third-order valence-corrected chi connectivity index (χ3v) is 4.23. The van der Waals surface area contributed by atoms with Gasteiger partial charge in [-0.3, -0.25) is 4.79 Å². The van der Waals surface area contributed by atoms with E-state index in [4.69, 9.17) is 0 Å². The summed E-state index contributed by atoms with van der Waals surface area (Å²) in [5, 5.41) is 7.52. The average molecular weight is 343 g/mol. The molecule has 0 aromatic carbocycles. The molecule has 0 atom stereocenters. The van der Waals surface area contributed by atoms with Gasteiger partial charge in [0.2, 0.25) is 0 Å². The Balaban J connectivity index is 1.94. The minimum atomic E-state index is -0.0649. The van der Waals surface area contributed by atoms with Crippen molar-refractivity contribution < 1.29 is 0 Å². The third kappa shape index (κ3) is 4.06. The molecule has 5 nitrogen and oxygen atoms in total. The summed E-state index contributed by atoms with van der Waals surface area (Å²) >= 11 is 3.39. The first kappa shape index (κ1) is 15.5. The summed E-state index contributed by atoms with van der Waals surface area (Å²) in [5.74, 6) is 0.404. The van der Waals surface area contributed by atoms with E-state index >= 15 is 0 Å². The normalized spacial score (nSPS) is 16.0. The predicted octanol–water partition coefficient (Wildman–Crippen LogP) is 2.17. The first-order chi connectivity index (χ1) is 9.58. The lowest BCUT2D eigenvalue weighted by atomic mass is 10.2. The molecule has 2 heterocycles. The van der Waals surface area contributed by atoms with Crippen molar-refractivity contribution in [3.8, 4) is 0 Å². The standard InChI is InChI=1S/C14H23BrN4O/c1-11(2)10-19-14(20)13(15)12(9-17-19)16-5-8-18-6-3-4-7-18/h9,11,16H,3-8,10H2,1-2H3. The highest BCUT2D eigenvalue weighted by atomic mass is 79.9. The lowest BCUT2D eigenvalue weighted by molar-refractivity contribution is 0.352. The van der Waals surface area contributed by atoms with Crippen LogP contribution in [0.25, 0.3) is 0 Å². The fraction of sp³-hybridized carbons (Fsp3) is 0.714. The molecule has 0 unspecified atom stereocenters. The molecule has 1 fully saturated rings. The van der Waals surface area contributed by atoms with E-state index < -0.39 is 0 Å². The van der Waals surface area contributed by atoms with Crippen LogP contribution in [-0.4, -0.2) is 40.9 Å². The van der Waals surface area contributed by atoms with Crippen LogP contribution in [0.15, 0.2) is 15.5 Å². The Morgan fingerprint density at radius 1 is 1.40 bits per heavy atom. The van der Waals surface area contributed by atoms with E-state index in [1.807, 2.05) is 0 Å². The second-order valence-corrected chi connectivity index (χ2v) is 6.52. The Kier molecular flexibility index (Phi) is 5.60. The van der Waals surface area contributed by atoms with Gasteiger partial charge in [-0.05, 0) is 47.8 Å². The molecule has 0 saturated carbocycles. The van der Waals surface area contributed by atoms with E-state index in [0.717, 1.165) is 18.8 Å². The van der Waals surface area contributed by atoms with E-state index in [1.165, 1.54) is 30.6 Å². The van der Waals surface area contributed by atoms with Crippen LogP contribution in [0.4, 0.5) is 5.69 Å². The molecule has 1 aliphatic heterocycles. The first-order valence-electron chi connectivity index (χ1n) is 7.30. The summed E-state index contributed by atoms with van der Waals surface area (Å²) in [6.45, 7) is 9.03. The zero-order valence-electron chi connectivity index (χ0n) is 12.2. The van der Waals surface area contributed by atoms with Crippen molar-refractivity contribution >= 4 is 21.6 Å². The molecule has 1 aromatic rings. The van der Waals surface area contributed by atoms with Gasteiger partial charge in [0.05, 0.1) is 11.9 Å². The molecule has 0 radical (unpaired) electrons. The van der Waals surface area contributed by atoms with Crippen molar-refractivity contribution in [3.63, 3.8) is 0 Å². The third-order valence-electron chi connectivity index (χ3n) is 3.47. The van der Waals surface area contributed by atoms with Gasteiger partial charge in [-0.25, -0.2) is 4.68 Å². The highest BCUT2D eigenvalue weighted by Gasteiger charge is 2.12. The maximum Gasteiger partial charge on any atom is 0.283 e. The van der Waals surface area contributed by atoms with Gasteiger partial charge in [0, 0.05) is 19.6 Å². The zero-order chi connectivity index (χ0) is 14.5. The van der Waals surface area contributed by atoms with Crippen LogP contribution in [0.2, 0.25) is 0 Å². The van der Waals surface area contributed by atoms with E-state index in [9.17, 15) is 4.79 Å². The van der Waals surface area contributed by atoms with Crippen LogP contribution in [0.1, 0.15) is 26.7 Å². The number of hydrogen-bond acceptors (Lipinski definition) is 4. The Morgan fingerprint density at radius 3 is 2.75 bits per heavy atom. The largest absolute Gasteiger partial charge is 0.381 e. The molecule has 1 aromatic heterocycles. The van der Waals surface area contributed by atoms with Crippen molar-refractivity contribution in [1.29, 1.82) is 0 Å². The topological polar surface area (TPSA) is 50.2 Å². The Labute approximate surface area is 128 Å². The molecular weight excluding hydrogens is 320 g/mol. The number of anilines is 1. The van der Waals surface area contributed by atoms with E-state index in [2.05, 4.69) is 45.1 Å². The van der Waals surface area contributed by atoms with Crippen molar-refractivity contribution in [3.05, 3.63) is 21.0 Å². The Morgan fingerprint density at radius 2 is 2.10 bits per heavy atom. The number of nitrogens with zero attached hydrogens (tertiary/aromatic N) is 3. The van der Waals surface area contributed by atoms with Gasteiger partial charge in [-0.1, -0.05) is 13.8 Å². The SMILES string of the molecule is CC(C)Cn1ncc(NCCN2CCCC2)c(Br)c1=O. The molecule has 6 heteroatoms. The number of halogens is 1. The van der Waals surface area contributed by atoms with Crippen LogP contribution in [0, 0.1) is 5.92 Å². The van der Waals surface area contributed by atoms with Crippen molar-refractivity contribution in [2.75, 3.05) is 31.5 Å². The molecule has 1 aliphatic rings. The number of nitrogens with one attached hydrogen (secondary N) is 1. The van der Waals surface area contributed by atoms with Crippen LogP contribution < -0.4 is 10.9 Å². The quantitative estimate of drug-likeness (QED) is 0.860. The second-order valence-electron chi connectivity index (χ2n) is 5.73. The smallest absolute Gasteiger partial charge is 0.283 e. The minimum absolute atomic E-state index is 0.0649. The minimum Gasteiger partial charge on any atom is -0.381 e. The van der Waals surface area contributed by atoms with E-state index in [-0.39, 0.29) is 5.56 Å². The lowest BCUT2D eigenvalue weighted by Gasteiger charge is -2.16. The fourth-order valence-electron chi connectivity index (χ4n) is 2.42. The molecule has 112 valence electrons. The number of likely N-dealkylation sites (tertiary alicyclic amines) is 1. The van der Waals surface area contributed by atoms with Crippen LogP contribution >= 0.6 is 15.9 Å².